The van der Waals surface area contributed by atoms with Crippen molar-refractivity contribution >= 4 is 5.91 Å². The van der Waals surface area contributed by atoms with Crippen LogP contribution >= 0.6 is 0 Å². The van der Waals surface area contributed by atoms with Crippen molar-refractivity contribution in [3.63, 3.8) is 0 Å². The van der Waals surface area contributed by atoms with Crippen molar-refractivity contribution in [1.29, 1.82) is 0 Å². The minimum absolute atomic E-state index is 0.104. The molecule has 0 atom stereocenters. The molecule has 3 aromatic carbocycles. The minimum atomic E-state index is -0.104. The smallest absolute Gasteiger partial charge is 0.243 e. The zero-order chi connectivity index (χ0) is 27.5. The molecular weight excluding hydrogens is 474 g/mol. The van der Waals surface area contributed by atoms with Gasteiger partial charge in [0.05, 0.1) is 0 Å². The molecule has 0 aromatic heterocycles. The Morgan fingerprint density at radius 1 is 0.846 bits per heavy atom. The molecule has 1 saturated carbocycles. The molecule has 3 aromatic rings. The fourth-order valence-electron chi connectivity index (χ4n) is 6.19. The van der Waals surface area contributed by atoms with Crippen LogP contribution in [0.4, 0.5) is 0 Å². The number of carbonyl (C=O) groups excluding carboxylic acids is 1. The van der Waals surface area contributed by atoms with Crippen LogP contribution in [-0.2, 0) is 17.6 Å². The van der Waals surface area contributed by atoms with Crippen LogP contribution in [0.1, 0.15) is 94.2 Å². The lowest BCUT2D eigenvalue weighted by atomic mass is 9.77. The number of hydrogen-bond donors (Lipinski definition) is 1. The van der Waals surface area contributed by atoms with Gasteiger partial charge in [0.15, 0.2) is 0 Å². The Bertz CT molecular complexity index is 1180. The molecule has 39 heavy (non-hydrogen) atoms. The fraction of sp³-hybridized carbons (Fsp3) is 0.432. The number of hydrogen-bond acceptors (Lipinski definition) is 1. The van der Waals surface area contributed by atoms with Gasteiger partial charge in [-0.15, -0.1) is 0 Å². The highest BCUT2D eigenvalue weighted by Gasteiger charge is 2.22. The van der Waals surface area contributed by atoms with Crippen molar-refractivity contribution in [2.75, 3.05) is 6.54 Å². The molecule has 0 heterocycles. The number of rotatable bonds is 13. The molecule has 1 amide bonds. The predicted octanol–water partition coefficient (Wildman–Crippen LogP) is 9.67. The fourth-order valence-corrected chi connectivity index (χ4v) is 6.19. The molecule has 1 aliphatic carbocycles. The van der Waals surface area contributed by atoms with Gasteiger partial charge in [-0.25, -0.2) is 0 Å². The summed E-state index contributed by atoms with van der Waals surface area (Å²) in [6, 6.07) is 25.3. The SMILES string of the molecule is C=CC(=O)NCCCc1ccc(-c2ccc(-c3ccc(C4CCC(CCCCC)CC4)cc3)cc2CC)cc1. The van der Waals surface area contributed by atoms with Crippen LogP contribution < -0.4 is 5.32 Å². The summed E-state index contributed by atoms with van der Waals surface area (Å²) in [6.45, 7) is 8.72. The molecule has 0 radical (unpaired) electrons. The van der Waals surface area contributed by atoms with E-state index in [9.17, 15) is 4.79 Å². The van der Waals surface area contributed by atoms with Crippen LogP contribution in [0.25, 0.3) is 22.3 Å². The van der Waals surface area contributed by atoms with E-state index in [1.165, 1.54) is 96.4 Å². The molecule has 0 bridgehead atoms. The van der Waals surface area contributed by atoms with Crippen LogP contribution in [0.3, 0.4) is 0 Å². The second-order valence-corrected chi connectivity index (χ2v) is 11.4. The highest BCUT2D eigenvalue weighted by atomic mass is 16.1. The van der Waals surface area contributed by atoms with Gasteiger partial charge in [0.1, 0.15) is 0 Å². The van der Waals surface area contributed by atoms with Gasteiger partial charge in [0.2, 0.25) is 5.91 Å². The van der Waals surface area contributed by atoms with E-state index in [1.54, 1.807) is 0 Å². The Morgan fingerprint density at radius 3 is 2.21 bits per heavy atom. The third kappa shape index (κ3) is 8.18. The van der Waals surface area contributed by atoms with E-state index in [0.29, 0.717) is 6.54 Å². The quantitative estimate of drug-likeness (QED) is 0.176. The van der Waals surface area contributed by atoms with Crippen LogP contribution in [0.2, 0.25) is 0 Å². The van der Waals surface area contributed by atoms with E-state index >= 15 is 0 Å². The molecule has 2 nitrogen and oxygen atoms in total. The van der Waals surface area contributed by atoms with Crippen molar-refractivity contribution in [3.8, 4) is 22.3 Å². The summed E-state index contributed by atoms with van der Waals surface area (Å²) in [6.07, 6.45) is 15.3. The topological polar surface area (TPSA) is 29.1 Å². The number of benzene rings is 3. The number of unbranched alkanes of at least 4 members (excludes halogenated alkanes) is 2. The molecule has 206 valence electrons. The standard InChI is InChI=1S/C37H47NO/c1-4-7-8-10-28-12-16-31(17-13-28)32-20-22-33(23-21-32)35-24-25-36(30(5-2)27-35)34-18-14-29(15-19-34)11-9-26-38-37(39)6-3/h6,14-15,18-25,27-28,31H,3-5,7-13,16-17,26H2,1-2H3,(H,38,39). The molecule has 0 spiro atoms. The second kappa shape index (κ2) is 14.9. The summed E-state index contributed by atoms with van der Waals surface area (Å²) >= 11 is 0. The van der Waals surface area contributed by atoms with Crippen molar-refractivity contribution in [2.45, 2.75) is 90.4 Å². The zero-order valence-corrected chi connectivity index (χ0v) is 24.2. The Kier molecular flexibility index (Phi) is 11.0. The lowest BCUT2D eigenvalue weighted by Crippen LogP contribution is -2.22. The average molecular weight is 522 g/mol. The lowest BCUT2D eigenvalue weighted by molar-refractivity contribution is -0.116. The maximum absolute atomic E-state index is 11.3. The maximum atomic E-state index is 11.3. The number of amides is 1. The van der Waals surface area contributed by atoms with Gasteiger partial charge in [-0.3, -0.25) is 4.79 Å². The van der Waals surface area contributed by atoms with E-state index in [4.69, 9.17) is 0 Å². The van der Waals surface area contributed by atoms with Gasteiger partial charge in [0, 0.05) is 6.54 Å². The summed E-state index contributed by atoms with van der Waals surface area (Å²) in [4.78, 5) is 11.3. The van der Waals surface area contributed by atoms with Crippen LogP contribution in [0.15, 0.2) is 79.4 Å². The second-order valence-electron chi connectivity index (χ2n) is 11.4. The highest BCUT2D eigenvalue weighted by Crippen LogP contribution is 2.38. The van der Waals surface area contributed by atoms with E-state index < -0.39 is 0 Å². The van der Waals surface area contributed by atoms with Gasteiger partial charge < -0.3 is 5.32 Å². The molecule has 1 fully saturated rings. The lowest BCUT2D eigenvalue weighted by Gasteiger charge is -2.29. The minimum Gasteiger partial charge on any atom is -0.353 e. The predicted molar refractivity (Wildman–Crippen MR) is 167 cm³/mol. The summed E-state index contributed by atoms with van der Waals surface area (Å²) < 4.78 is 0. The Labute approximate surface area is 236 Å². The zero-order valence-electron chi connectivity index (χ0n) is 24.2. The molecule has 1 N–H and O–H groups in total. The van der Waals surface area contributed by atoms with Crippen LogP contribution in [-0.4, -0.2) is 12.5 Å². The molecule has 2 heteroatoms. The maximum Gasteiger partial charge on any atom is 0.243 e. The summed E-state index contributed by atoms with van der Waals surface area (Å²) in [5.41, 5.74) is 9.42. The highest BCUT2D eigenvalue weighted by molar-refractivity contribution is 5.86. The van der Waals surface area contributed by atoms with E-state index in [2.05, 4.69) is 92.5 Å². The molecule has 0 unspecified atom stereocenters. The third-order valence-electron chi connectivity index (χ3n) is 8.66. The first-order valence-electron chi connectivity index (χ1n) is 15.3. The first-order chi connectivity index (χ1) is 19.1. The first kappa shape index (κ1) is 28.9. The van der Waals surface area contributed by atoms with Gasteiger partial charge in [-0.1, -0.05) is 113 Å². The van der Waals surface area contributed by atoms with Crippen molar-refractivity contribution in [3.05, 3.63) is 96.1 Å². The van der Waals surface area contributed by atoms with Gasteiger partial charge in [0.25, 0.3) is 0 Å². The molecule has 0 saturated heterocycles. The van der Waals surface area contributed by atoms with Gasteiger partial charge >= 0.3 is 0 Å². The van der Waals surface area contributed by atoms with E-state index in [1.807, 2.05) is 0 Å². The number of nitrogens with one attached hydrogen (secondary N) is 1. The average Bonchev–Trinajstić information content (AvgIpc) is 3.00. The molecular formula is C37H47NO. The molecule has 1 aliphatic rings. The van der Waals surface area contributed by atoms with Gasteiger partial charge in [-0.05, 0) is 102 Å². The van der Waals surface area contributed by atoms with E-state index in [0.717, 1.165) is 31.1 Å². The summed E-state index contributed by atoms with van der Waals surface area (Å²) in [5.74, 6) is 1.60. The van der Waals surface area contributed by atoms with Crippen molar-refractivity contribution in [1.82, 2.24) is 5.32 Å². The Morgan fingerprint density at radius 2 is 1.54 bits per heavy atom. The first-order valence-corrected chi connectivity index (χ1v) is 15.3. The van der Waals surface area contributed by atoms with Gasteiger partial charge in [-0.2, -0.15) is 0 Å². The normalized spacial score (nSPS) is 17.1. The van der Waals surface area contributed by atoms with Crippen molar-refractivity contribution in [2.24, 2.45) is 5.92 Å². The van der Waals surface area contributed by atoms with E-state index in [-0.39, 0.29) is 5.91 Å². The van der Waals surface area contributed by atoms with Crippen LogP contribution in [0, 0.1) is 5.92 Å². The Balaban J connectivity index is 1.36. The summed E-state index contributed by atoms with van der Waals surface area (Å²) in [7, 11) is 0. The largest absolute Gasteiger partial charge is 0.353 e. The molecule has 0 aliphatic heterocycles. The van der Waals surface area contributed by atoms with Crippen molar-refractivity contribution < 1.29 is 4.79 Å². The number of aryl methyl sites for hydroxylation is 2. The summed E-state index contributed by atoms with van der Waals surface area (Å²) in [5, 5.41) is 2.85. The number of carbonyl (C=O) groups is 1. The monoisotopic (exact) mass is 521 g/mol. The molecule has 4 rings (SSSR count). The third-order valence-corrected chi connectivity index (χ3v) is 8.66. The van der Waals surface area contributed by atoms with Crippen LogP contribution in [0.5, 0.6) is 0 Å². The Hall–Kier alpha value is -3.13.